The van der Waals surface area contributed by atoms with Crippen LogP contribution in [0.3, 0.4) is 0 Å². The summed E-state index contributed by atoms with van der Waals surface area (Å²) in [5.74, 6) is 6.45. The molecule has 1 rings (SSSR count). The Morgan fingerprint density at radius 1 is 1.50 bits per heavy atom. The van der Waals surface area contributed by atoms with Gasteiger partial charge in [-0.3, -0.25) is 4.79 Å². The van der Waals surface area contributed by atoms with Gasteiger partial charge in [0.15, 0.2) is 0 Å². The van der Waals surface area contributed by atoms with Crippen LogP contribution >= 0.6 is 22.6 Å². The summed E-state index contributed by atoms with van der Waals surface area (Å²) >= 11 is 2.38. The normalized spacial score (nSPS) is 29.4. The molecule has 1 fully saturated rings. The highest BCUT2D eigenvalue weighted by atomic mass is 127. The number of esters is 1. The minimum Gasteiger partial charge on any atom is -0.466 e. The van der Waals surface area contributed by atoms with E-state index in [2.05, 4.69) is 59.9 Å². The van der Waals surface area contributed by atoms with E-state index in [1.54, 1.807) is 6.92 Å². The van der Waals surface area contributed by atoms with Gasteiger partial charge in [0.1, 0.15) is 5.78 Å². The van der Waals surface area contributed by atoms with Crippen molar-refractivity contribution in [3.05, 3.63) is 11.6 Å². The molecule has 0 amide bonds. The third kappa shape index (κ3) is 3.63. The third-order valence-electron chi connectivity index (χ3n) is 3.81. The molecule has 0 N–H and O–H groups in total. The summed E-state index contributed by atoms with van der Waals surface area (Å²) in [6.07, 6.45) is 2.51. The fourth-order valence-electron chi connectivity index (χ4n) is 2.60. The van der Waals surface area contributed by atoms with Gasteiger partial charge in [-0.1, -0.05) is 55.2 Å². The van der Waals surface area contributed by atoms with Crippen molar-refractivity contribution in [2.45, 2.75) is 44.0 Å². The van der Waals surface area contributed by atoms with Crippen LogP contribution < -0.4 is 0 Å². The molecule has 20 heavy (non-hydrogen) atoms. The Balaban J connectivity index is 3.08. The van der Waals surface area contributed by atoms with Crippen LogP contribution in [0.25, 0.3) is 0 Å². The monoisotopic (exact) mass is 388 g/mol. The molecule has 0 aromatic rings. The van der Waals surface area contributed by atoms with E-state index in [0.29, 0.717) is 24.2 Å². The third-order valence-corrected chi connectivity index (χ3v) is 6.61. The molecule has 0 bridgehead atoms. The Morgan fingerprint density at radius 3 is 2.60 bits per heavy atom. The highest BCUT2D eigenvalue weighted by Gasteiger charge is 2.50. The minimum absolute atomic E-state index is 0.180. The molecule has 110 valence electrons. The lowest BCUT2D eigenvalue weighted by Gasteiger charge is -2.46. The van der Waals surface area contributed by atoms with Crippen molar-refractivity contribution in [2.75, 3.05) is 7.11 Å². The number of carbonyl (C=O) groups is 2. The SMILES string of the molecule is COC(=O)/C=C(/C)C#CC1(I)[C@@H](C)CC(=O)CC1(C)C. The van der Waals surface area contributed by atoms with Gasteiger partial charge in [0.25, 0.3) is 0 Å². The van der Waals surface area contributed by atoms with Crippen LogP contribution in [0.5, 0.6) is 0 Å². The number of hydrogen-bond acceptors (Lipinski definition) is 3. The molecule has 1 saturated carbocycles. The first-order chi connectivity index (χ1) is 9.12. The van der Waals surface area contributed by atoms with Crippen molar-refractivity contribution < 1.29 is 14.3 Å². The van der Waals surface area contributed by atoms with Crippen molar-refractivity contribution in [2.24, 2.45) is 11.3 Å². The number of rotatable bonds is 1. The zero-order chi connectivity index (χ0) is 15.6. The van der Waals surface area contributed by atoms with E-state index >= 15 is 0 Å². The molecule has 0 aromatic heterocycles. The lowest BCUT2D eigenvalue weighted by molar-refractivity contribution is -0.134. The average molecular weight is 388 g/mol. The largest absolute Gasteiger partial charge is 0.466 e. The molecular weight excluding hydrogens is 367 g/mol. The van der Waals surface area contributed by atoms with Crippen molar-refractivity contribution >= 4 is 34.3 Å². The van der Waals surface area contributed by atoms with E-state index in [-0.39, 0.29) is 14.8 Å². The number of carbonyl (C=O) groups excluding carboxylic acids is 2. The van der Waals surface area contributed by atoms with Gasteiger partial charge < -0.3 is 4.74 Å². The molecule has 0 radical (unpaired) electrons. The van der Waals surface area contributed by atoms with Crippen LogP contribution in [-0.2, 0) is 14.3 Å². The first kappa shape index (κ1) is 17.2. The number of halogens is 1. The molecule has 4 heteroatoms. The molecule has 3 nitrogen and oxygen atoms in total. The lowest BCUT2D eigenvalue weighted by Crippen LogP contribution is -2.49. The Bertz CT molecular complexity index is 508. The molecule has 0 aliphatic heterocycles. The summed E-state index contributed by atoms with van der Waals surface area (Å²) in [5.41, 5.74) is 0.494. The van der Waals surface area contributed by atoms with Crippen molar-refractivity contribution in [1.29, 1.82) is 0 Å². The molecule has 0 spiro atoms. The van der Waals surface area contributed by atoms with E-state index in [9.17, 15) is 9.59 Å². The molecular formula is C16H21IO3. The number of alkyl halides is 1. The van der Waals surface area contributed by atoms with E-state index in [1.807, 2.05) is 0 Å². The van der Waals surface area contributed by atoms with E-state index in [0.717, 1.165) is 0 Å². The zero-order valence-corrected chi connectivity index (χ0v) is 14.8. The second-order valence-corrected chi connectivity index (χ2v) is 7.72. The molecule has 0 aromatic carbocycles. The van der Waals surface area contributed by atoms with Crippen LogP contribution in [0.2, 0.25) is 0 Å². The van der Waals surface area contributed by atoms with Crippen LogP contribution in [0.4, 0.5) is 0 Å². The maximum atomic E-state index is 11.8. The van der Waals surface area contributed by atoms with Gasteiger partial charge in [-0.05, 0) is 18.3 Å². The smallest absolute Gasteiger partial charge is 0.331 e. The van der Waals surface area contributed by atoms with Crippen molar-refractivity contribution in [3.63, 3.8) is 0 Å². The van der Waals surface area contributed by atoms with Crippen LogP contribution in [-0.4, -0.2) is 22.3 Å². The Morgan fingerprint density at radius 2 is 2.10 bits per heavy atom. The van der Waals surface area contributed by atoms with Gasteiger partial charge in [-0.25, -0.2) is 4.79 Å². The maximum absolute atomic E-state index is 11.8. The first-order valence-electron chi connectivity index (χ1n) is 6.62. The average Bonchev–Trinajstić information content (AvgIpc) is 2.32. The minimum atomic E-state index is -0.398. The lowest BCUT2D eigenvalue weighted by atomic mass is 9.64. The van der Waals surface area contributed by atoms with Gasteiger partial charge in [0.05, 0.1) is 10.5 Å². The Labute approximate surface area is 134 Å². The highest BCUT2D eigenvalue weighted by molar-refractivity contribution is 14.1. The number of hydrogen-bond donors (Lipinski definition) is 0. The molecule has 2 atom stereocenters. The maximum Gasteiger partial charge on any atom is 0.331 e. The Hall–Kier alpha value is -0.830. The van der Waals surface area contributed by atoms with Gasteiger partial charge in [0.2, 0.25) is 0 Å². The summed E-state index contributed by atoms with van der Waals surface area (Å²) in [5, 5.41) is 0. The van der Waals surface area contributed by atoms with Gasteiger partial charge in [-0.2, -0.15) is 0 Å². The molecule has 1 aliphatic rings. The summed E-state index contributed by atoms with van der Waals surface area (Å²) in [4.78, 5) is 23.0. The van der Waals surface area contributed by atoms with Crippen molar-refractivity contribution in [1.82, 2.24) is 0 Å². The summed E-state index contributed by atoms with van der Waals surface area (Å²) in [7, 11) is 1.34. The second kappa shape index (κ2) is 6.30. The topological polar surface area (TPSA) is 43.4 Å². The Kier molecular flexibility index (Phi) is 5.42. The highest BCUT2D eigenvalue weighted by Crippen LogP contribution is 2.51. The van der Waals surface area contributed by atoms with E-state index in [1.165, 1.54) is 13.2 Å². The van der Waals surface area contributed by atoms with Crippen LogP contribution in [0, 0.1) is 23.2 Å². The number of ketones is 1. The predicted molar refractivity (Wildman–Crippen MR) is 87.5 cm³/mol. The van der Waals surface area contributed by atoms with Crippen LogP contribution in [0.1, 0.15) is 40.5 Å². The molecule has 1 aliphatic carbocycles. The van der Waals surface area contributed by atoms with Crippen LogP contribution in [0.15, 0.2) is 11.6 Å². The van der Waals surface area contributed by atoms with Gasteiger partial charge >= 0.3 is 5.97 Å². The quantitative estimate of drug-likeness (QED) is 0.228. The number of Topliss-reactive ketones (excluding diaryl/α,β-unsaturated/α-hetero) is 1. The first-order valence-corrected chi connectivity index (χ1v) is 7.70. The van der Waals surface area contributed by atoms with Crippen molar-refractivity contribution in [3.8, 4) is 11.8 Å². The van der Waals surface area contributed by atoms with E-state index in [4.69, 9.17) is 0 Å². The number of allylic oxidation sites excluding steroid dienone is 1. The second-order valence-electron chi connectivity index (χ2n) is 6.02. The van der Waals surface area contributed by atoms with Gasteiger partial charge in [0, 0.05) is 24.5 Å². The van der Waals surface area contributed by atoms with Gasteiger partial charge in [-0.15, -0.1) is 0 Å². The molecule has 0 heterocycles. The summed E-state index contributed by atoms with van der Waals surface area (Å²) in [6.45, 7) is 8.02. The van der Waals surface area contributed by atoms with E-state index < -0.39 is 5.97 Å². The molecule has 1 unspecified atom stereocenters. The summed E-state index contributed by atoms with van der Waals surface area (Å²) < 4.78 is 4.31. The number of ether oxygens (including phenoxy) is 1. The zero-order valence-electron chi connectivity index (χ0n) is 12.7. The standard InChI is InChI=1S/C16H21IO3/c1-11(8-14(19)20-5)6-7-16(17)12(2)9-13(18)10-15(16,3)4/h8,12H,9-10H2,1-5H3/b11-8-/t12-,16?/m0/s1. The predicted octanol–water partition coefficient (Wildman–Crippen LogP) is 3.31. The number of methoxy groups -OCH3 is 1. The molecule has 0 saturated heterocycles. The summed E-state index contributed by atoms with van der Waals surface area (Å²) in [6, 6.07) is 0. The fraction of sp³-hybridized carbons (Fsp3) is 0.625. The fourth-order valence-corrected chi connectivity index (χ4v) is 3.14.